The Hall–Kier alpha value is 0.0500. The van der Waals surface area contributed by atoms with Crippen LogP contribution in [-0.4, -0.2) is 8.42 Å². The molecule has 0 N–H and O–H groups in total. The third-order valence-corrected chi connectivity index (χ3v) is 0.548. The molecule has 0 rings (SSSR count). The van der Waals surface area contributed by atoms with E-state index in [9.17, 15) is 0 Å². The Balaban J connectivity index is 5.08. The van der Waals surface area contributed by atoms with E-state index in [-0.39, 0.29) is 0 Å². The molecule has 28 valence electrons. The average molecular weight is 111 g/mol. The maximum absolute atomic E-state index is 9.04. The van der Waals surface area contributed by atoms with E-state index in [1.165, 1.54) is 0 Å². The van der Waals surface area contributed by atoms with Crippen LogP contribution < -0.4 is 0 Å². The molecule has 0 saturated carbocycles. The van der Waals surface area contributed by atoms with Gasteiger partial charge in [-0.25, -0.2) is 0 Å². The van der Waals surface area contributed by atoms with E-state index in [2.05, 4.69) is 0 Å². The van der Waals surface area contributed by atoms with Crippen molar-refractivity contribution in [2.45, 2.75) is 0 Å². The van der Waals surface area contributed by atoms with Gasteiger partial charge in [-0.1, -0.05) is 0 Å². The van der Waals surface area contributed by atoms with Gasteiger partial charge >= 0.3 is 30.1 Å². The maximum atomic E-state index is 9.04. The van der Waals surface area contributed by atoms with Crippen LogP contribution in [0.15, 0.2) is 0 Å². The summed E-state index contributed by atoms with van der Waals surface area (Å²) >= 11 is 0. The monoisotopic (exact) mass is 111 g/mol. The van der Waals surface area contributed by atoms with Gasteiger partial charge in [0, 0.05) is 0 Å². The van der Waals surface area contributed by atoms with Gasteiger partial charge in [-0.05, 0) is 0 Å². The molecule has 0 heterocycles. The van der Waals surface area contributed by atoms with Crippen molar-refractivity contribution in [1.29, 1.82) is 0 Å². The summed E-state index contributed by atoms with van der Waals surface area (Å²) < 4.78 is 27.1. The molecule has 0 bridgehead atoms. The van der Waals surface area contributed by atoms with Gasteiger partial charge in [0.1, 0.15) is 0 Å². The van der Waals surface area contributed by atoms with Crippen LogP contribution in [0.25, 0.3) is 0 Å². The van der Waals surface area contributed by atoms with Gasteiger partial charge in [0.2, 0.25) is 0 Å². The van der Waals surface area contributed by atoms with E-state index in [1.807, 2.05) is 0 Å². The van der Waals surface area contributed by atoms with Crippen molar-refractivity contribution in [1.82, 2.24) is 0 Å². The van der Waals surface area contributed by atoms with Crippen LogP contribution in [-0.2, 0) is 14.4 Å². The number of rotatable bonds is 0. The van der Waals surface area contributed by atoms with Crippen molar-refractivity contribution < 1.29 is 13.0 Å². The van der Waals surface area contributed by atoms with Crippen molar-refractivity contribution >= 4 is 17.1 Å². The van der Waals surface area contributed by atoms with E-state index >= 15 is 0 Å². The molecule has 0 radical (unpaired) electrons. The molecule has 3 nitrogen and oxygen atoms in total. The standard InChI is InChI=1S/O3PS/c1-4-5(2)3/q+1. The molecule has 0 aromatic carbocycles. The van der Waals surface area contributed by atoms with Crippen molar-refractivity contribution in [3.63, 3.8) is 0 Å². The van der Waals surface area contributed by atoms with Crippen LogP contribution in [0.4, 0.5) is 0 Å². The first kappa shape index (κ1) is 5.05. The summed E-state index contributed by atoms with van der Waals surface area (Å²) in [4.78, 5) is 0. The fourth-order valence-corrected chi connectivity index (χ4v) is 0. The molecule has 0 aromatic rings. The normalized spacial score (nSPS) is 6.40. The van der Waals surface area contributed by atoms with Crippen LogP contribution >= 0.6 is 7.24 Å². The third-order valence-electron chi connectivity index (χ3n) is 0.0609. The minimum absolute atomic E-state index is 0.836. The van der Waals surface area contributed by atoms with Crippen molar-refractivity contribution in [3.05, 3.63) is 0 Å². The predicted octanol–water partition coefficient (Wildman–Crippen LogP) is 0.0722. The SMILES string of the molecule is O=[P+]=S(=O)=O. The zero-order valence-corrected chi connectivity index (χ0v) is 3.79. The van der Waals surface area contributed by atoms with Gasteiger partial charge in [-0.15, -0.1) is 0 Å². The Morgan fingerprint density at radius 2 is 1.60 bits per heavy atom. The fourth-order valence-electron chi connectivity index (χ4n) is 0. The topological polar surface area (TPSA) is 51.2 Å². The molecule has 0 atom stereocenters. The van der Waals surface area contributed by atoms with Crippen molar-refractivity contribution in [2.75, 3.05) is 0 Å². The summed E-state index contributed by atoms with van der Waals surface area (Å²) in [6, 6.07) is 0. The van der Waals surface area contributed by atoms with Gasteiger partial charge in [0.25, 0.3) is 0 Å². The molecular formula is O3PS+. The van der Waals surface area contributed by atoms with E-state index in [1.54, 1.807) is 0 Å². The Bertz CT molecular complexity index is 138. The molecule has 5 heteroatoms. The Labute approximate surface area is 31.0 Å². The minimum atomic E-state index is -2.41. The van der Waals surface area contributed by atoms with Crippen LogP contribution in [0.3, 0.4) is 0 Å². The molecule has 0 saturated heterocycles. The molecule has 0 aliphatic carbocycles. The second-order valence-corrected chi connectivity index (χ2v) is 2.22. The first-order valence-corrected chi connectivity index (χ1v) is 3.19. The van der Waals surface area contributed by atoms with Gasteiger partial charge in [-0.3, -0.25) is 0 Å². The molecule has 0 fully saturated rings. The zero-order valence-electron chi connectivity index (χ0n) is 2.08. The molecule has 0 aliphatic heterocycles. The quantitative estimate of drug-likeness (QED) is 0.415. The van der Waals surface area contributed by atoms with E-state index in [0.717, 1.165) is 0 Å². The molecule has 0 unspecified atom stereocenters. The molecular weight excluding hydrogens is 111 g/mol. The van der Waals surface area contributed by atoms with Crippen LogP contribution in [0.5, 0.6) is 0 Å². The first-order valence-electron chi connectivity index (χ1n) is 0.698. The van der Waals surface area contributed by atoms with Crippen LogP contribution in [0, 0.1) is 0 Å². The Morgan fingerprint density at radius 3 is 1.60 bits per heavy atom. The first-order chi connectivity index (χ1) is 2.27. The second kappa shape index (κ2) is 2.30. The summed E-state index contributed by atoms with van der Waals surface area (Å²) in [6.07, 6.45) is 0. The molecule has 0 aliphatic rings. The predicted molar refractivity (Wildman–Crippen MR) is 16.5 cm³/mol. The zero-order chi connectivity index (χ0) is 4.28. The van der Waals surface area contributed by atoms with E-state index < -0.39 is 17.1 Å². The summed E-state index contributed by atoms with van der Waals surface area (Å²) in [6.45, 7) is 0. The van der Waals surface area contributed by atoms with Crippen molar-refractivity contribution in [2.24, 2.45) is 0 Å². The Kier molecular flexibility index (Phi) is 2.32. The van der Waals surface area contributed by atoms with Gasteiger partial charge in [0.05, 0.1) is 0 Å². The van der Waals surface area contributed by atoms with Crippen LogP contribution in [0.2, 0.25) is 0 Å². The van der Waals surface area contributed by atoms with Gasteiger partial charge in [0.15, 0.2) is 0 Å². The number of hydrogen-bond acceptors (Lipinski definition) is 3. The summed E-state index contributed by atoms with van der Waals surface area (Å²) in [5.41, 5.74) is 0. The summed E-state index contributed by atoms with van der Waals surface area (Å²) in [5.74, 6) is 0. The van der Waals surface area contributed by atoms with E-state index in [0.29, 0.717) is 0 Å². The Morgan fingerprint density at radius 1 is 1.40 bits per heavy atom. The molecule has 5 heavy (non-hydrogen) atoms. The fraction of sp³-hybridized carbons (Fsp3) is 0. The van der Waals surface area contributed by atoms with Gasteiger partial charge < -0.3 is 0 Å². The number of hydrogen-bond donors (Lipinski definition) is 0. The summed E-state index contributed by atoms with van der Waals surface area (Å²) in [5, 5.41) is 0. The van der Waals surface area contributed by atoms with E-state index in [4.69, 9.17) is 13.0 Å². The molecule has 0 aromatic heterocycles. The molecule has 0 spiro atoms. The third kappa shape index (κ3) is 4.05. The van der Waals surface area contributed by atoms with Crippen LogP contribution in [0.1, 0.15) is 0 Å². The molecule has 0 amide bonds. The summed E-state index contributed by atoms with van der Waals surface area (Å²) in [7, 11) is -3.24. The van der Waals surface area contributed by atoms with Gasteiger partial charge in [-0.2, -0.15) is 0 Å². The average Bonchev–Trinajstić information content (AvgIpc) is 1.38. The van der Waals surface area contributed by atoms with Crippen molar-refractivity contribution in [3.8, 4) is 0 Å². The second-order valence-electron chi connectivity index (χ2n) is 0.292.